The van der Waals surface area contributed by atoms with Gasteiger partial charge in [-0.2, -0.15) is 0 Å². The lowest BCUT2D eigenvalue weighted by Gasteiger charge is -2.27. The Bertz CT molecular complexity index is 748. The van der Waals surface area contributed by atoms with Crippen molar-refractivity contribution >= 4 is 5.91 Å². The summed E-state index contributed by atoms with van der Waals surface area (Å²) in [5, 5.41) is 3.03. The largest absolute Gasteiger partial charge is 0.497 e. The van der Waals surface area contributed by atoms with Gasteiger partial charge in [0.25, 0.3) is 5.91 Å². The van der Waals surface area contributed by atoms with Crippen LogP contribution >= 0.6 is 0 Å². The number of hydrogen-bond acceptors (Lipinski definition) is 4. The molecule has 5 nitrogen and oxygen atoms in total. The maximum absolute atomic E-state index is 12.6. The van der Waals surface area contributed by atoms with Crippen LogP contribution in [-0.2, 0) is 13.1 Å². The van der Waals surface area contributed by atoms with Gasteiger partial charge in [-0.3, -0.25) is 9.69 Å². The zero-order valence-corrected chi connectivity index (χ0v) is 16.2. The minimum atomic E-state index is -0.139. The van der Waals surface area contributed by atoms with Crippen LogP contribution in [-0.4, -0.2) is 38.1 Å². The van der Waals surface area contributed by atoms with Gasteiger partial charge in [-0.05, 0) is 49.2 Å². The predicted molar refractivity (Wildman–Crippen MR) is 106 cm³/mol. The molecule has 0 aromatic heterocycles. The number of piperidine rings is 1. The van der Waals surface area contributed by atoms with Crippen molar-refractivity contribution in [3.8, 4) is 11.5 Å². The van der Waals surface area contributed by atoms with Crippen LogP contribution in [0.2, 0.25) is 0 Å². The van der Waals surface area contributed by atoms with Crippen molar-refractivity contribution in [2.24, 2.45) is 0 Å². The number of benzene rings is 2. The molecule has 1 aliphatic heterocycles. The quantitative estimate of drug-likeness (QED) is 0.811. The molecule has 2 aromatic rings. The molecule has 0 unspecified atom stereocenters. The van der Waals surface area contributed by atoms with Crippen LogP contribution < -0.4 is 14.8 Å². The first-order chi connectivity index (χ1) is 13.2. The number of likely N-dealkylation sites (tertiary alicyclic amines) is 1. The third-order valence-corrected chi connectivity index (χ3v) is 5.01. The summed E-state index contributed by atoms with van der Waals surface area (Å²) in [5.74, 6) is 1.06. The monoisotopic (exact) mass is 368 g/mol. The molecular weight excluding hydrogens is 340 g/mol. The van der Waals surface area contributed by atoms with E-state index in [1.54, 1.807) is 32.4 Å². The Balaban J connectivity index is 1.67. The SMILES string of the molecule is COc1cc(OC)cc(C(=O)NCc2ccccc2CN2CCCCC2)c1. The Morgan fingerprint density at radius 2 is 1.59 bits per heavy atom. The van der Waals surface area contributed by atoms with Crippen molar-refractivity contribution in [1.82, 2.24) is 10.2 Å². The molecule has 3 rings (SSSR count). The van der Waals surface area contributed by atoms with Crippen molar-refractivity contribution in [1.29, 1.82) is 0 Å². The topological polar surface area (TPSA) is 50.8 Å². The third-order valence-electron chi connectivity index (χ3n) is 5.01. The summed E-state index contributed by atoms with van der Waals surface area (Å²) in [6.07, 6.45) is 3.88. The molecule has 0 bridgehead atoms. The van der Waals surface area contributed by atoms with E-state index in [1.807, 2.05) is 6.07 Å². The molecule has 144 valence electrons. The predicted octanol–water partition coefficient (Wildman–Crippen LogP) is 3.62. The van der Waals surface area contributed by atoms with Gasteiger partial charge in [-0.15, -0.1) is 0 Å². The highest BCUT2D eigenvalue weighted by atomic mass is 16.5. The molecule has 0 atom stereocenters. The lowest BCUT2D eigenvalue weighted by Crippen LogP contribution is -2.30. The molecule has 1 fully saturated rings. The Morgan fingerprint density at radius 1 is 0.963 bits per heavy atom. The smallest absolute Gasteiger partial charge is 0.251 e. The van der Waals surface area contributed by atoms with E-state index in [0.29, 0.717) is 23.6 Å². The number of methoxy groups -OCH3 is 2. The summed E-state index contributed by atoms with van der Waals surface area (Å²) in [6.45, 7) is 3.76. The summed E-state index contributed by atoms with van der Waals surface area (Å²) < 4.78 is 10.5. The molecule has 1 heterocycles. The van der Waals surface area contributed by atoms with Crippen LogP contribution in [0.15, 0.2) is 42.5 Å². The molecule has 27 heavy (non-hydrogen) atoms. The third kappa shape index (κ3) is 5.23. The number of amides is 1. The van der Waals surface area contributed by atoms with Gasteiger partial charge in [0, 0.05) is 24.7 Å². The highest BCUT2D eigenvalue weighted by molar-refractivity contribution is 5.95. The maximum atomic E-state index is 12.6. The first-order valence-corrected chi connectivity index (χ1v) is 9.50. The van der Waals surface area contributed by atoms with E-state index in [4.69, 9.17) is 9.47 Å². The van der Waals surface area contributed by atoms with E-state index in [-0.39, 0.29) is 5.91 Å². The number of nitrogens with one attached hydrogen (secondary N) is 1. The van der Waals surface area contributed by atoms with Gasteiger partial charge in [0.1, 0.15) is 11.5 Å². The first-order valence-electron chi connectivity index (χ1n) is 9.50. The van der Waals surface area contributed by atoms with E-state index in [2.05, 4.69) is 28.4 Å². The molecule has 1 aliphatic rings. The molecule has 5 heteroatoms. The Kier molecular flexibility index (Phi) is 6.71. The molecular formula is C22H28N2O3. The van der Waals surface area contributed by atoms with Crippen molar-refractivity contribution in [3.05, 3.63) is 59.2 Å². The minimum Gasteiger partial charge on any atom is -0.497 e. The fourth-order valence-electron chi connectivity index (χ4n) is 3.46. The maximum Gasteiger partial charge on any atom is 0.251 e. The van der Waals surface area contributed by atoms with Gasteiger partial charge in [0.2, 0.25) is 0 Å². The summed E-state index contributed by atoms with van der Waals surface area (Å²) in [6, 6.07) is 13.5. The lowest BCUT2D eigenvalue weighted by molar-refractivity contribution is 0.0950. The Morgan fingerprint density at radius 3 is 2.22 bits per heavy atom. The van der Waals surface area contributed by atoms with E-state index in [1.165, 1.54) is 24.8 Å². The molecule has 2 aromatic carbocycles. The summed E-state index contributed by atoms with van der Waals surface area (Å²) in [5.41, 5.74) is 2.97. The van der Waals surface area contributed by atoms with Gasteiger partial charge in [0.15, 0.2) is 0 Å². The fourth-order valence-corrected chi connectivity index (χ4v) is 3.46. The second kappa shape index (κ2) is 9.42. The first kappa shape index (κ1) is 19.2. The van der Waals surface area contributed by atoms with Crippen LogP contribution in [0.25, 0.3) is 0 Å². The summed E-state index contributed by atoms with van der Waals surface area (Å²) in [7, 11) is 3.15. The highest BCUT2D eigenvalue weighted by Gasteiger charge is 2.14. The highest BCUT2D eigenvalue weighted by Crippen LogP contribution is 2.22. The minimum absolute atomic E-state index is 0.139. The van der Waals surface area contributed by atoms with E-state index >= 15 is 0 Å². The van der Waals surface area contributed by atoms with Crippen molar-refractivity contribution in [2.45, 2.75) is 32.4 Å². The van der Waals surface area contributed by atoms with E-state index < -0.39 is 0 Å². The van der Waals surface area contributed by atoms with Gasteiger partial charge < -0.3 is 14.8 Å². The van der Waals surface area contributed by atoms with Gasteiger partial charge in [-0.1, -0.05) is 30.7 Å². The van der Waals surface area contributed by atoms with Crippen LogP contribution in [0, 0.1) is 0 Å². The molecule has 0 saturated carbocycles. The normalized spacial score (nSPS) is 14.6. The fraction of sp³-hybridized carbons (Fsp3) is 0.409. The molecule has 1 saturated heterocycles. The van der Waals surface area contributed by atoms with Crippen molar-refractivity contribution < 1.29 is 14.3 Å². The number of carbonyl (C=O) groups is 1. The van der Waals surface area contributed by atoms with Crippen molar-refractivity contribution in [2.75, 3.05) is 27.3 Å². The second-order valence-electron chi connectivity index (χ2n) is 6.89. The van der Waals surface area contributed by atoms with Gasteiger partial charge in [0.05, 0.1) is 14.2 Å². The van der Waals surface area contributed by atoms with Crippen LogP contribution in [0.3, 0.4) is 0 Å². The number of rotatable bonds is 7. The van der Waals surface area contributed by atoms with E-state index in [0.717, 1.165) is 25.2 Å². The number of carbonyl (C=O) groups excluding carboxylic acids is 1. The second-order valence-corrected chi connectivity index (χ2v) is 6.89. The standard InChI is InChI=1S/C22H28N2O3/c1-26-20-12-19(13-21(14-20)27-2)22(25)23-15-17-8-4-5-9-18(17)16-24-10-6-3-7-11-24/h4-5,8-9,12-14H,3,6-7,10-11,15-16H2,1-2H3,(H,23,25). The van der Waals surface area contributed by atoms with Gasteiger partial charge >= 0.3 is 0 Å². The number of ether oxygens (including phenoxy) is 2. The zero-order valence-electron chi connectivity index (χ0n) is 16.2. The molecule has 0 aliphatic carbocycles. The zero-order chi connectivity index (χ0) is 19.1. The average molecular weight is 368 g/mol. The van der Waals surface area contributed by atoms with Crippen LogP contribution in [0.5, 0.6) is 11.5 Å². The van der Waals surface area contributed by atoms with E-state index in [9.17, 15) is 4.79 Å². The average Bonchev–Trinajstić information content (AvgIpc) is 2.73. The summed E-state index contributed by atoms with van der Waals surface area (Å²) in [4.78, 5) is 15.1. The summed E-state index contributed by atoms with van der Waals surface area (Å²) >= 11 is 0. The molecule has 1 N–H and O–H groups in total. The number of nitrogens with zero attached hydrogens (tertiary/aromatic N) is 1. The molecule has 0 spiro atoms. The Hall–Kier alpha value is -2.53. The van der Waals surface area contributed by atoms with Crippen LogP contribution in [0.1, 0.15) is 40.7 Å². The lowest BCUT2D eigenvalue weighted by atomic mass is 10.0. The Labute approximate surface area is 161 Å². The number of hydrogen-bond donors (Lipinski definition) is 1. The molecule has 0 radical (unpaired) electrons. The van der Waals surface area contributed by atoms with Gasteiger partial charge in [-0.25, -0.2) is 0 Å². The molecule has 1 amide bonds. The van der Waals surface area contributed by atoms with Crippen LogP contribution in [0.4, 0.5) is 0 Å². The van der Waals surface area contributed by atoms with Crippen molar-refractivity contribution in [3.63, 3.8) is 0 Å².